The number of para-hydroxylation sites is 1. The molecule has 10 heteroatoms. The third kappa shape index (κ3) is 7.77. The van der Waals surface area contributed by atoms with Crippen LogP contribution >= 0.6 is 0 Å². The molecule has 0 unspecified atom stereocenters. The average molecular weight is 640 g/mol. The Bertz CT molecular complexity index is 1790. The highest BCUT2D eigenvalue weighted by molar-refractivity contribution is 6.17. The molecule has 47 heavy (non-hydrogen) atoms. The number of carbonyl (C=O) groups is 2. The van der Waals surface area contributed by atoms with E-state index in [2.05, 4.69) is 21.1 Å². The van der Waals surface area contributed by atoms with Crippen molar-refractivity contribution in [1.29, 1.82) is 0 Å². The van der Waals surface area contributed by atoms with E-state index in [1.807, 2.05) is 30.3 Å². The van der Waals surface area contributed by atoms with Gasteiger partial charge in [-0.05, 0) is 43.1 Å². The number of anilines is 1. The lowest BCUT2D eigenvalue weighted by Crippen LogP contribution is -2.56. The van der Waals surface area contributed by atoms with Crippen LogP contribution in [0.15, 0.2) is 120 Å². The van der Waals surface area contributed by atoms with Crippen LogP contribution in [0.25, 0.3) is 0 Å². The summed E-state index contributed by atoms with van der Waals surface area (Å²) in [5.41, 5.74) is -2.37. The zero-order valence-electron chi connectivity index (χ0n) is 25.2. The molecule has 0 radical (unpaired) electrons. The molecule has 1 aliphatic rings. The summed E-state index contributed by atoms with van der Waals surface area (Å²) >= 11 is 0. The second-order valence-corrected chi connectivity index (χ2v) is 11.1. The van der Waals surface area contributed by atoms with E-state index in [1.54, 1.807) is 72.7 Å². The monoisotopic (exact) mass is 639 g/mol. The van der Waals surface area contributed by atoms with Gasteiger partial charge in [0.05, 0.1) is 17.4 Å². The number of benzene rings is 4. The summed E-state index contributed by atoms with van der Waals surface area (Å²) < 4.78 is 43.6. The summed E-state index contributed by atoms with van der Waals surface area (Å²) in [6, 6.07) is 28.5. The third-order valence-electron chi connectivity index (χ3n) is 7.87. The first-order valence-corrected chi connectivity index (χ1v) is 15.0. The number of aliphatic imine (C=N–C) groups is 1. The van der Waals surface area contributed by atoms with Crippen LogP contribution in [-0.2, 0) is 16.1 Å². The second-order valence-electron chi connectivity index (χ2n) is 11.1. The Morgan fingerprint density at radius 2 is 1.49 bits per heavy atom. The molecule has 3 atom stereocenters. The number of alkyl halides is 3. The highest BCUT2D eigenvalue weighted by Gasteiger charge is 2.61. The van der Waals surface area contributed by atoms with Gasteiger partial charge in [0.1, 0.15) is 0 Å². The molecule has 3 N–H and O–H groups in total. The number of carboxylic acid groups (broad SMARTS) is 1. The van der Waals surface area contributed by atoms with Crippen molar-refractivity contribution in [3.8, 4) is 11.8 Å². The fourth-order valence-electron chi connectivity index (χ4n) is 5.48. The first-order valence-electron chi connectivity index (χ1n) is 15.0. The molecule has 1 amide bonds. The number of likely N-dealkylation sites (tertiary alicyclic amines) is 1. The number of carbonyl (C=O) groups excluding carboxylic acids is 1. The Kier molecular flexibility index (Phi) is 10.2. The number of hydrogen-bond acceptors (Lipinski definition) is 5. The summed E-state index contributed by atoms with van der Waals surface area (Å²) in [7, 11) is 0. The van der Waals surface area contributed by atoms with Gasteiger partial charge in [0, 0.05) is 23.2 Å². The largest absolute Gasteiger partial charge is 0.480 e. The molecule has 1 aliphatic heterocycles. The second kappa shape index (κ2) is 14.5. The molecule has 0 spiro atoms. The van der Waals surface area contributed by atoms with E-state index in [0.717, 1.165) is 12.0 Å². The van der Waals surface area contributed by atoms with Crippen LogP contribution in [0.1, 0.15) is 35.1 Å². The van der Waals surface area contributed by atoms with Gasteiger partial charge in [0.15, 0.2) is 6.04 Å². The van der Waals surface area contributed by atoms with Gasteiger partial charge in [-0.2, -0.15) is 13.2 Å². The van der Waals surface area contributed by atoms with Gasteiger partial charge in [-0.3, -0.25) is 14.7 Å². The number of nitrogens with zero attached hydrogens (tertiary/aromatic N) is 2. The zero-order valence-corrected chi connectivity index (χ0v) is 25.2. The number of aliphatic hydroxyl groups is 1. The van der Waals surface area contributed by atoms with Crippen molar-refractivity contribution in [2.45, 2.75) is 43.2 Å². The topological polar surface area (TPSA) is 102 Å². The van der Waals surface area contributed by atoms with Crippen molar-refractivity contribution >= 4 is 23.3 Å². The molecular formula is C37H32F3N3O4. The average Bonchev–Trinajstić information content (AvgIpc) is 3.53. The van der Waals surface area contributed by atoms with Gasteiger partial charge in [-0.25, -0.2) is 4.79 Å². The maximum Gasteiger partial charge on any atom is 0.431 e. The molecule has 0 bridgehead atoms. The van der Waals surface area contributed by atoms with Crippen LogP contribution in [0.4, 0.5) is 18.9 Å². The smallest absolute Gasteiger partial charge is 0.431 e. The molecule has 7 nitrogen and oxygen atoms in total. The van der Waals surface area contributed by atoms with Crippen LogP contribution in [0.5, 0.6) is 0 Å². The minimum Gasteiger partial charge on any atom is -0.480 e. The van der Waals surface area contributed by atoms with Gasteiger partial charge in [0.2, 0.25) is 5.91 Å². The normalized spacial score (nSPS) is 17.2. The van der Waals surface area contributed by atoms with Crippen LogP contribution < -0.4 is 5.32 Å². The highest BCUT2D eigenvalue weighted by Crippen LogP contribution is 2.36. The van der Waals surface area contributed by atoms with E-state index < -0.39 is 29.8 Å². The fourth-order valence-corrected chi connectivity index (χ4v) is 5.48. The number of rotatable bonds is 9. The van der Waals surface area contributed by atoms with Crippen molar-refractivity contribution in [3.63, 3.8) is 0 Å². The molecule has 1 heterocycles. The van der Waals surface area contributed by atoms with Gasteiger partial charge in [-0.15, -0.1) is 0 Å². The summed E-state index contributed by atoms with van der Waals surface area (Å²) in [6.07, 6.45) is -4.08. The molecule has 1 fully saturated rings. The van der Waals surface area contributed by atoms with Crippen LogP contribution in [0, 0.1) is 11.8 Å². The number of hydrogen-bond donors (Lipinski definition) is 3. The number of aliphatic carboxylic acids is 1. The van der Waals surface area contributed by atoms with Crippen molar-refractivity contribution in [1.82, 2.24) is 4.90 Å². The van der Waals surface area contributed by atoms with Gasteiger partial charge in [0.25, 0.3) is 5.60 Å². The van der Waals surface area contributed by atoms with E-state index in [1.165, 1.54) is 18.2 Å². The molecule has 0 aromatic heterocycles. The van der Waals surface area contributed by atoms with E-state index in [9.17, 15) is 33.0 Å². The molecule has 1 saturated heterocycles. The minimum absolute atomic E-state index is 0.146. The predicted octanol–water partition coefficient (Wildman–Crippen LogP) is 5.93. The maximum absolute atomic E-state index is 14.5. The Balaban J connectivity index is 1.56. The highest BCUT2D eigenvalue weighted by atomic mass is 19.4. The van der Waals surface area contributed by atoms with Crippen LogP contribution in [0.3, 0.4) is 0 Å². The quantitative estimate of drug-likeness (QED) is 0.156. The molecule has 4 aromatic rings. The standard InChI is InChI=1S/C37H32F3N3O4/c38-37(39,40)36(47,23-22-26-13-4-1-5-14-26)33(35(45)46)42-32(28-17-8-3-9-18-28)29-19-10-11-20-30(29)41-34(44)31-21-12-24-43(31)25-27-15-6-2-7-16-27/h1-11,13-20,31,33,47H,12,21,24-25H2,(H,41,44)(H,45,46)/t31-,33+,36-/m0/s1. The fraction of sp³-hybridized carbons (Fsp3) is 0.216. The van der Waals surface area contributed by atoms with Crippen LogP contribution in [0.2, 0.25) is 0 Å². The Labute approximate surface area is 270 Å². The number of halogens is 3. The summed E-state index contributed by atoms with van der Waals surface area (Å²) in [4.78, 5) is 32.3. The first-order chi connectivity index (χ1) is 22.6. The van der Waals surface area contributed by atoms with Gasteiger partial charge >= 0.3 is 12.1 Å². The SMILES string of the molecule is O=C(O)[C@@H](N=C(c1ccccc1)c1ccccc1NC(=O)[C@@H]1CCCN1Cc1ccccc1)[C@@](O)(C#Cc1ccccc1)C(F)(F)F. The predicted molar refractivity (Wildman–Crippen MR) is 173 cm³/mol. The minimum atomic E-state index is -5.50. The van der Waals surface area contributed by atoms with Crippen molar-refractivity contribution in [2.24, 2.45) is 4.99 Å². The number of carboxylic acids is 1. The Morgan fingerprint density at radius 1 is 0.894 bits per heavy atom. The van der Waals surface area contributed by atoms with E-state index in [0.29, 0.717) is 19.5 Å². The third-order valence-corrected chi connectivity index (χ3v) is 7.87. The molecular weight excluding hydrogens is 607 g/mol. The van der Waals surface area contributed by atoms with Crippen molar-refractivity contribution in [2.75, 3.05) is 11.9 Å². The summed E-state index contributed by atoms with van der Waals surface area (Å²) in [5, 5.41) is 24.1. The lowest BCUT2D eigenvalue weighted by molar-refractivity contribution is -0.243. The van der Waals surface area contributed by atoms with Crippen molar-refractivity contribution < 1.29 is 33.0 Å². The summed E-state index contributed by atoms with van der Waals surface area (Å²) in [5.74, 6) is 1.68. The lowest BCUT2D eigenvalue weighted by Gasteiger charge is -2.29. The summed E-state index contributed by atoms with van der Waals surface area (Å²) in [6.45, 7) is 1.28. The molecule has 5 rings (SSSR count). The lowest BCUT2D eigenvalue weighted by atomic mass is 9.92. The zero-order chi connectivity index (χ0) is 33.4. The van der Waals surface area contributed by atoms with Gasteiger partial charge in [-0.1, -0.05) is 109 Å². The first kappa shape index (κ1) is 33.1. The van der Waals surface area contributed by atoms with Crippen LogP contribution in [-0.4, -0.2) is 63.1 Å². The molecule has 4 aromatic carbocycles. The Morgan fingerprint density at radius 3 is 2.13 bits per heavy atom. The molecule has 240 valence electrons. The van der Waals surface area contributed by atoms with E-state index in [4.69, 9.17) is 0 Å². The Hall–Kier alpha value is -5.24. The van der Waals surface area contributed by atoms with Crippen molar-refractivity contribution in [3.05, 3.63) is 138 Å². The van der Waals surface area contributed by atoms with E-state index >= 15 is 0 Å². The van der Waals surface area contributed by atoms with E-state index in [-0.39, 0.29) is 34.0 Å². The molecule has 0 saturated carbocycles. The number of nitrogens with one attached hydrogen (secondary N) is 1. The molecule has 0 aliphatic carbocycles. The van der Waals surface area contributed by atoms with Gasteiger partial charge < -0.3 is 15.5 Å². The maximum atomic E-state index is 14.5. The number of amides is 1.